The predicted molar refractivity (Wildman–Crippen MR) is 101 cm³/mol. The smallest absolute Gasteiger partial charge is 0.284 e. The quantitative estimate of drug-likeness (QED) is 0.467. The summed E-state index contributed by atoms with van der Waals surface area (Å²) in [5.74, 6) is -0.889. The lowest BCUT2D eigenvalue weighted by Crippen LogP contribution is -2.32. The molecule has 0 unspecified atom stereocenters. The fraction of sp³-hybridized carbons (Fsp3) is 0.294. The fourth-order valence-corrected chi connectivity index (χ4v) is 3.30. The van der Waals surface area contributed by atoms with Crippen LogP contribution in [0, 0.1) is 5.82 Å². The van der Waals surface area contributed by atoms with E-state index in [9.17, 15) is 9.18 Å². The summed E-state index contributed by atoms with van der Waals surface area (Å²) in [5, 5.41) is 12.2. The molecule has 7 nitrogen and oxygen atoms in total. The first kappa shape index (κ1) is 19.3. The Morgan fingerprint density at radius 2 is 2.26 bits per heavy atom. The van der Waals surface area contributed by atoms with Gasteiger partial charge in [0.15, 0.2) is 0 Å². The highest BCUT2D eigenvalue weighted by Crippen LogP contribution is 2.25. The second-order valence-corrected chi connectivity index (χ2v) is 6.83. The molecule has 142 valence electrons. The Kier molecular flexibility index (Phi) is 5.76. The number of carbonyl (C=O) groups is 1. The van der Waals surface area contributed by atoms with Gasteiger partial charge in [-0.15, -0.1) is 5.10 Å². The van der Waals surface area contributed by atoms with Gasteiger partial charge in [0.05, 0.1) is 18.8 Å². The summed E-state index contributed by atoms with van der Waals surface area (Å²) in [6, 6.07) is 4.28. The van der Waals surface area contributed by atoms with Crippen molar-refractivity contribution in [1.29, 1.82) is 0 Å². The van der Waals surface area contributed by atoms with Crippen LogP contribution in [0.15, 0.2) is 34.0 Å². The molecular formula is C17H17Cl2FN6O. The molecule has 2 aromatic rings. The van der Waals surface area contributed by atoms with Crippen LogP contribution in [0.25, 0.3) is 0 Å². The molecule has 1 aliphatic heterocycles. The lowest BCUT2D eigenvalue weighted by molar-refractivity contribution is -0.117. The first-order valence-corrected chi connectivity index (χ1v) is 8.89. The van der Waals surface area contributed by atoms with Crippen LogP contribution in [-0.4, -0.2) is 39.1 Å². The molecule has 1 aromatic carbocycles. The van der Waals surface area contributed by atoms with Crippen LogP contribution in [0.3, 0.4) is 0 Å². The van der Waals surface area contributed by atoms with E-state index in [-0.39, 0.29) is 10.8 Å². The third kappa shape index (κ3) is 4.12. The first-order chi connectivity index (χ1) is 12.9. The number of rotatable bonds is 5. The van der Waals surface area contributed by atoms with Crippen molar-refractivity contribution in [2.24, 2.45) is 5.10 Å². The van der Waals surface area contributed by atoms with E-state index in [1.807, 2.05) is 4.90 Å². The van der Waals surface area contributed by atoms with Gasteiger partial charge in [0, 0.05) is 30.4 Å². The Hall–Kier alpha value is -2.45. The minimum atomic E-state index is -0.510. The Balaban J connectivity index is 1.78. The number of aromatic nitrogens is 3. The fourth-order valence-electron chi connectivity index (χ4n) is 2.91. The summed E-state index contributed by atoms with van der Waals surface area (Å²) in [6.07, 6.45) is 0.671. The number of benzene rings is 1. The van der Waals surface area contributed by atoms with Crippen LogP contribution in [0.5, 0.6) is 0 Å². The average molecular weight is 411 g/mol. The maximum Gasteiger partial charge on any atom is 0.284 e. The van der Waals surface area contributed by atoms with Crippen LogP contribution < -0.4 is 5.43 Å². The number of amides is 1. The van der Waals surface area contributed by atoms with Gasteiger partial charge in [0.2, 0.25) is 0 Å². The largest absolute Gasteiger partial charge is 0.367 e. The van der Waals surface area contributed by atoms with Crippen molar-refractivity contribution >= 4 is 35.8 Å². The molecule has 1 aromatic heterocycles. The van der Waals surface area contributed by atoms with Crippen LogP contribution >= 0.6 is 23.2 Å². The maximum atomic E-state index is 13.2. The van der Waals surface area contributed by atoms with Gasteiger partial charge in [-0.1, -0.05) is 34.5 Å². The molecule has 10 heteroatoms. The number of hydrogen-bond acceptors (Lipinski definition) is 5. The number of halogens is 3. The topological polar surface area (TPSA) is 75.4 Å². The first-order valence-electron chi connectivity index (χ1n) is 8.13. The Bertz CT molecular complexity index is 926. The molecule has 0 aliphatic carbocycles. The summed E-state index contributed by atoms with van der Waals surface area (Å²) in [4.78, 5) is 13.8. The van der Waals surface area contributed by atoms with Crippen molar-refractivity contribution in [3.8, 4) is 0 Å². The van der Waals surface area contributed by atoms with Crippen LogP contribution in [0.2, 0.25) is 5.02 Å². The van der Waals surface area contributed by atoms with Crippen molar-refractivity contribution in [2.75, 3.05) is 6.54 Å². The maximum absolute atomic E-state index is 13.2. The number of allylic oxidation sites excluding steroid dienone is 1. The normalized spacial score (nSPS) is 14.4. The van der Waals surface area contributed by atoms with E-state index >= 15 is 0 Å². The predicted octanol–water partition coefficient (Wildman–Crippen LogP) is 2.68. The zero-order valence-corrected chi connectivity index (χ0v) is 16.1. The Morgan fingerprint density at radius 1 is 1.48 bits per heavy atom. The Morgan fingerprint density at radius 3 is 2.96 bits per heavy atom. The van der Waals surface area contributed by atoms with Crippen molar-refractivity contribution < 1.29 is 9.18 Å². The lowest BCUT2D eigenvalue weighted by Gasteiger charge is -2.29. The van der Waals surface area contributed by atoms with Crippen molar-refractivity contribution in [1.82, 2.24) is 25.3 Å². The molecule has 0 spiro atoms. The highest BCUT2D eigenvalue weighted by molar-refractivity contribution is 6.42. The zero-order valence-electron chi connectivity index (χ0n) is 14.5. The van der Waals surface area contributed by atoms with E-state index in [4.69, 9.17) is 23.2 Å². The summed E-state index contributed by atoms with van der Waals surface area (Å²) >= 11 is 12.2. The Labute approximate surface area is 165 Å². The van der Waals surface area contributed by atoms with Gasteiger partial charge in [0.25, 0.3) is 5.91 Å². The van der Waals surface area contributed by atoms with E-state index in [0.29, 0.717) is 36.8 Å². The number of nitrogens with one attached hydrogen (secondary N) is 1. The molecular weight excluding hydrogens is 394 g/mol. The monoisotopic (exact) mass is 410 g/mol. The average Bonchev–Trinajstić information content (AvgIpc) is 3.05. The van der Waals surface area contributed by atoms with E-state index in [1.54, 1.807) is 17.7 Å². The molecule has 3 rings (SSSR count). The van der Waals surface area contributed by atoms with Gasteiger partial charge < -0.3 is 4.90 Å². The number of nitrogens with zero attached hydrogens (tertiary/aromatic N) is 5. The summed E-state index contributed by atoms with van der Waals surface area (Å²) in [5.41, 5.74) is 5.38. The summed E-state index contributed by atoms with van der Waals surface area (Å²) < 4.78 is 15.0. The van der Waals surface area contributed by atoms with E-state index < -0.39 is 5.91 Å². The summed E-state index contributed by atoms with van der Waals surface area (Å²) in [7, 11) is 0. The molecule has 27 heavy (non-hydrogen) atoms. The standard InChI is InChI=1S/C17H17Cl2FN6O/c1-10(16(19)17(27)23-21-2)25-6-5-15-14(9-25)22-24-26(15)8-11-3-4-12(20)7-13(11)18/h3-4,7H,2,5-6,8-9H2,1H3,(H,23,27)/b16-10-. The van der Waals surface area contributed by atoms with Crippen molar-refractivity contribution in [2.45, 2.75) is 26.4 Å². The SMILES string of the molecule is C=NNC(=O)/C(Cl)=C(\C)N1CCc2c(nnn2Cc2ccc(F)cc2Cl)C1. The van der Waals surface area contributed by atoms with Gasteiger partial charge in [-0.3, -0.25) is 4.79 Å². The zero-order chi connectivity index (χ0) is 19.6. The van der Waals surface area contributed by atoms with Crippen LogP contribution in [0.1, 0.15) is 23.9 Å². The van der Waals surface area contributed by atoms with E-state index in [0.717, 1.165) is 17.0 Å². The second-order valence-electron chi connectivity index (χ2n) is 6.05. The van der Waals surface area contributed by atoms with Gasteiger partial charge in [0.1, 0.15) is 16.5 Å². The molecule has 0 radical (unpaired) electrons. The van der Waals surface area contributed by atoms with Crippen molar-refractivity contribution in [3.05, 3.63) is 56.7 Å². The lowest BCUT2D eigenvalue weighted by atomic mass is 10.1. The molecule has 0 saturated carbocycles. The van der Waals surface area contributed by atoms with Gasteiger partial charge >= 0.3 is 0 Å². The molecule has 0 saturated heterocycles. The van der Waals surface area contributed by atoms with Gasteiger partial charge in [-0.05, 0) is 24.6 Å². The van der Waals surface area contributed by atoms with E-state index in [2.05, 4.69) is 27.6 Å². The minimum absolute atomic E-state index is 0.0522. The minimum Gasteiger partial charge on any atom is -0.367 e. The highest BCUT2D eigenvalue weighted by atomic mass is 35.5. The third-order valence-corrected chi connectivity index (χ3v) is 5.18. The van der Waals surface area contributed by atoms with Gasteiger partial charge in [-0.2, -0.15) is 5.10 Å². The molecule has 2 heterocycles. The van der Waals surface area contributed by atoms with Crippen LogP contribution in [0.4, 0.5) is 4.39 Å². The number of hydrogen-bond donors (Lipinski definition) is 1. The number of carbonyl (C=O) groups excluding carboxylic acids is 1. The second kappa shape index (κ2) is 8.06. The highest BCUT2D eigenvalue weighted by Gasteiger charge is 2.25. The molecule has 1 amide bonds. The third-order valence-electron chi connectivity index (χ3n) is 4.38. The number of fused-ring (bicyclic) bond motifs is 1. The van der Waals surface area contributed by atoms with Crippen LogP contribution in [-0.2, 0) is 24.3 Å². The van der Waals surface area contributed by atoms with Gasteiger partial charge in [-0.25, -0.2) is 14.5 Å². The summed E-state index contributed by atoms with van der Waals surface area (Å²) in [6.45, 7) is 6.50. The molecule has 1 aliphatic rings. The van der Waals surface area contributed by atoms with Crippen molar-refractivity contribution in [3.63, 3.8) is 0 Å². The molecule has 0 bridgehead atoms. The molecule has 0 fully saturated rings. The molecule has 0 atom stereocenters. The van der Waals surface area contributed by atoms with E-state index in [1.165, 1.54) is 12.1 Å². The molecule has 1 N–H and O–H groups in total. The number of hydrazone groups is 1.